The molecule has 1 rings (SSSR count). The maximum absolute atomic E-state index is 8.85. The molecule has 0 N–H and O–H groups in total. The summed E-state index contributed by atoms with van der Waals surface area (Å²) in [5.41, 5.74) is -0.306. The van der Waals surface area contributed by atoms with E-state index in [0.29, 0.717) is 6.61 Å². The Morgan fingerprint density at radius 1 is 1.31 bits per heavy atom. The van der Waals surface area contributed by atoms with E-state index in [1.54, 1.807) is 11.8 Å². The van der Waals surface area contributed by atoms with Crippen LogP contribution < -0.4 is 4.74 Å². The number of benzene rings is 1. The summed E-state index contributed by atoms with van der Waals surface area (Å²) in [4.78, 5) is 1.23. The molecule has 1 aromatic carbocycles. The molecule has 0 amide bonds. The smallest absolute Gasteiger partial charge is 0.119 e. The summed E-state index contributed by atoms with van der Waals surface area (Å²) in [5.74, 6) is 0.867. The third-order valence-corrected chi connectivity index (χ3v) is 3.10. The van der Waals surface area contributed by atoms with Gasteiger partial charge in [-0.15, -0.1) is 11.8 Å². The van der Waals surface area contributed by atoms with Crippen LogP contribution >= 0.6 is 11.8 Å². The highest BCUT2D eigenvalue weighted by molar-refractivity contribution is 7.98. The highest BCUT2D eigenvalue weighted by Gasteiger charge is 2.16. The lowest BCUT2D eigenvalue weighted by Gasteiger charge is -2.15. The Labute approximate surface area is 102 Å². The molecule has 0 radical (unpaired) electrons. The molecule has 3 heteroatoms. The van der Waals surface area contributed by atoms with Gasteiger partial charge in [0, 0.05) is 4.90 Å². The predicted octanol–water partition coefficient (Wildman–Crippen LogP) is 3.73. The molecule has 0 aliphatic rings. The molecule has 0 heterocycles. The van der Waals surface area contributed by atoms with E-state index in [9.17, 15) is 0 Å². The molecule has 0 aromatic heterocycles. The van der Waals surface area contributed by atoms with E-state index in [2.05, 4.69) is 6.07 Å². The molecular weight excluding hydrogens is 218 g/mol. The largest absolute Gasteiger partial charge is 0.494 e. The van der Waals surface area contributed by atoms with Crippen molar-refractivity contribution in [3.63, 3.8) is 0 Å². The van der Waals surface area contributed by atoms with E-state index in [1.807, 2.05) is 44.4 Å². The zero-order valence-corrected chi connectivity index (χ0v) is 10.8. The molecular formula is C13H17NOS. The summed E-state index contributed by atoms with van der Waals surface area (Å²) < 4.78 is 5.58. The van der Waals surface area contributed by atoms with Crippen LogP contribution in [0.15, 0.2) is 29.2 Å². The van der Waals surface area contributed by atoms with Crippen LogP contribution in [0, 0.1) is 16.7 Å². The maximum Gasteiger partial charge on any atom is 0.119 e. The summed E-state index contributed by atoms with van der Waals surface area (Å²) in [5, 5.41) is 8.85. The minimum Gasteiger partial charge on any atom is -0.494 e. The molecule has 0 unspecified atom stereocenters. The highest BCUT2D eigenvalue weighted by atomic mass is 32.2. The van der Waals surface area contributed by atoms with E-state index >= 15 is 0 Å². The fourth-order valence-corrected chi connectivity index (χ4v) is 1.56. The third kappa shape index (κ3) is 4.16. The van der Waals surface area contributed by atoms with Crippen LogP contribution in [0.2, 0.25) is 0 Å². The first-order valence-electron chi connectivity index (χ1n) is 5.25. The van der Waals surface area contributed by atoms with Crippen LogP contribution in [0.25, 0.3) is 0 Å². The second-order valence-corrected chi connectivity index (χ2v) is 5.15. The minimum absolute atomic E-state index is 0.306. The average Bonchev–Trinajstić information content (AvgIpc) is 2.30. The van der Waals surface area contributed by atoms with Gasteiger partial charge in [0.2, 0.25) is 0 Å². The standard InChI is InChI=1S/C13H17NOS/c1-13(2,10-14)8-9-15-11-4-6-12(16-3)7-5-11/h4-7H,8-9H2,1-3H3. The first kappa shape index (κ1) is 12.9. The Kier molecular flexibility index (Phi) is 4.70. The molecule has 16 heavy (non-hydrogen) atoms. The normalized spacial score (nSPS) is 10.9. The van der Waals surface area contributed by atoms with Gasteiger partial charge in [-0.3, -0.25) is 0 Å². The van der Waals surface area contributed by atoms with Crippen molar-refractivity contribution in [2.45, 2.75) is 25.2 Å². The summed E-state index contributed by atoms with van der Waals surface area (Å²) in [7, 11) is 0. The van der Waals surface area contributed by atoms with Crippen molar-refractivity contribution in [1.82, 2.24) is 0 Å². The monoisotopic (exact) mass is 235 g/mol. The van der Waals surface area contributed by atoms with E-state index in [4.69, 9.17) is 10.00 Å². The van der Waals surface area contributed by atoms with Crippen LogP contribution in [0.3, 0.4) is 0 Å². The molecule has 0 aliphatic carbocycles. The van der Waals surface area contributed by atoms with Gasteiger partial charge in [0.1, 0.15) is 5.75 Å². The third-order valence-electron chi connectivity index (χ3n) is 2.36. The van der Waals surface area contributed by atoms with Gasteiger partial charge in [-0.05, 0) is 50.8 Å². The van der Waals surface area contributed by atoms with Gasteiger partial charge >= 0.3 is 0 Å². The van der Waals surface area contributed by atoms with Crippen molar-refractivity contribution >= 4 is 11.8 Å². The summed E-state index contributed by atoms with van der Waals surface area (Å²) in [6.45, 7) is 4.43. The SMILES string of the molecule is CSc1ccc(OCCC(C)(C)C#N)cc1. The number of hydrogen-bond donors (Lipinski definition) is 0. The Hall–Kier alpha value is -1.14. The van der Waals surface area contributed by atoms with Gasteiger partial charge in [0.05, 0.1) is 18.1 Å². The van der Waals surface area contributed by atoms with Gasteiger partial charge < -0.3 is 4.74 Å². The zero-order chi connectivity index (χ0) is 12.0. The quantitative estimate of drug-likeness (QED) is 0.729. The van der Waals surface area contributed by atoms with Gasteiger partial charge in [-0.1, -0.05) is 0 Å². The molecule has 0 spiro atoms. The number of nitrogens with zero attached hydrogens (tertiary/aromatic N) is 1. The lowest BCUT2D eigenvalue weighted by atomic mass is 9.92. The van der Waals surface area contributed by atoms with Crippen LogP contribution in [0.1, 0.15) is 20.3 Å². The highest BCUT2D eigenvalue weighted by Crippen LogP contribution is 2.21. The Bertz CT molecular complexity index is 365. The Morgan fingerprint density at radius 2 is 1.94 bits per heavy atom. The first-order chi connectivity index (χ1) is 7.57. The molecule has 86 valence electrons. The summed E-state index contributed by atoms with van der Waals surface area (Å²) >= 11 is 1.71. The van der Waals surface area contributed by atoms with Crippen LogP contribution in [0.4, 0.5) is 0 Å². The molecule has 0 aliphatic heterocycles. The van der Waals surface area contributed by atoms with Crippen molar-refractivity contribution in [2.24, 2.45) is 5.41 Å². The first-order valence-corrected chi connectivity index (χ1v) is 6.48. The van der Waals surface area contributed by atoms with Gasteiger partial charge in [0.25, 0.3) is 0 Å². The van der Waals surface area contributed by atoms with E-state index < -0.39 is 0 Å². The maximum atomic E-state index is 8.85. The van der Waals surface area contributed by atoms with Gasteiger partial charge in [-0.25, -0.2) is 0 Å². The topological polar surface area (TPSA) is 33.0 Å². The van der Waals surface area contributed by atoms with Crippen LogP contribution in [0.5, 0.6) is 5.75 Å². The lowest BCUT2D eigenvalue weighted by Crippen LogP contribution is -2.13. The molecule has 1 aromatic rings. The number of hydrogen-bond acceptors (Lipinski definition) is 3. The van der Waals surface area contributed by atoms with Crippen molar-refractivity contribution < 1.29 is 4.74 Å². The van der Waals surface area contributed by atoms with Crippen LogP contribution in [-0.2, 0) is 0 Å². The summed E-state index contributed by atoms with van der Waals surface area (Å²) in [6, 6.07) is 10.3. The van der Waals surface area contributed by atoms with Crippen LogP contribution in [-0.4, -0.2) is 12.9 Å². The fraction of sp³-hybridized carbons (Fsp3) is 0.462. The Balaban J connectivity index is 2.41. The fourth-order valence-electron chi connectivity index (χ4n) is 1.15. The summed E-state index contributed by atoms with van der Waals surface area (Å²) in [6.07, 6.45) is 2.79. The number of rotatable bonds is 5. The van der Waals surface area contributed by atoms with E-state index in [-0.39, 0.29) is 5.41 Å². The Morgan fingerprint density at radius 3 is 2.44 bits per heavy atom. The number of ether oxygens (including phenoxy) is 1. The van der Waals surface area contributed by atoms with Gasteiger partial charge in [-0.2, -0.15) is 5.26 Å². The predicted molar refractivity (Wildman–Crippen MR) is 67.7 cm³/mol. The molecule has 0 bridgehead atoms. The average molecular weight is 235 g/mol. The molecule has 0 atom stereocenters. The van der Waals surface area contributed by atoms with Crippen molar-refractivity contribution in [3.05, 3.63) is 24.3 Å². The van der Waals surface area contributed by atoms with Gasteiger partial charge in [0.15, 0.2) is 0 Å². The number of nitriles is 1. The van der Waals surface area contributed by atoms with E-state index in [0.717, 1.165) is 12.2 Å². The van der Waals surface area contributed by atoms with E-state index in [1.165, 1.54) is 4.90 Å². The molecule has 2 nitrogen and oxygen atoms in total. The molecule has 0 saturated heterocycles. The molecule has 0 saturated carbocycles. The second kappa shape index (κ2) is 5.81. The number of thioether (sulfide) groups is 1. The zero-order valence-electron chi connectivity index (χ0n) is 9.99. The molecule has 0 fully saturated rings. The minimum atomic E-state index is -0.306. The second-order valence-electron chi connectivity index (χ2n) is 4.27. The van der Waals surface area contributed by atoms with Crippen molar-refractivity contribution in [3.8, 4) is 11.8 Å². The lowest BCUT2D eigenvalue weighted by molar-refractivity contribution is 0.264. The van der Waals surface area contributed by atoms with Crippen molar-refractivity contribution in [1.29, 1.82) is 5.26 Å². The van der Waals surface area contributed by atoms with Crippen molar-refractivity contribution in [2.75, 3.05) is 12.9 Å².